The molecule has 0 aliphatic rings. The SMILES string of the molecule is Cc1cccc(Nc2nnc(S[C@H](C)C(=O)Nc3ccccc3C)s2)c1. The van der Waals surface area contributed by atoms with Crippen LogP contribution in [0.2, 0.25) is 0 Å². The molecule has 3 aromatic rings. The fraction of sp³-hybridized carbons (Fsp3) is 0.211. The molecule has 0 aliphatic heterocycles. The lowest BCUT2D eigenvalue weighted by molar-refractivity contribution is -0.115. The van der Waals surface area contributed by atoms with Crippen LogP contribution < -0.4 is 10.6 Å². The second-order valence-electron chi connectivity index (χ2n) is 5.93. The summed E-state index contributed by atoms with van der Waals surface area (Å²) in [7, 11) is 0. The molecule has 0 bridgehead atoms. The smallest absolute Gasteiger partial charge is 0.237 e. The van der Waals surface area contributed by atoms with E-state index in [4.69, 9.17) is 0 Å². The summed E-state index contributed by atoms with van der Waals surface area (Å²) in [6.45, 7) is 5.88. The van der Waals surface area contributed by atoms with Crippen molar-refractivity contribution < 1.29 is 4.79 Å². The minimum atomic E-state index is -0.269. The fourth-order valence-corrected chi connectivity index (χ4v) is 4.22. The van der Waals surface area contributed by atoms with Gasteiger partial charge in [-0.2, -0.15) is 0 Å². The molecule has 134 valence electrons. The Morgan fingerprint density at radius 1 is 1.12 bits per heavy atom. The summed E-state index contributed by atoms with van der Waals surface area (Å²) in [5, 5.41) is 15.0. The van der Waals surface area contributed by atoms with Gasteiger partial charge in [-0.15, -0.1) is 10.2 Å². The lowest BCUT2D eigenvalue weighted by atomic mass is 10.2. The number of para-hydroxylation sites is 1. The van der Waals surface area contributed by atoms with E-state index in [9.17, 15) is 4.79 Å². The predicted molar refractivity (Wildman–Crippen MR) is 109 cm³/mol. The summed E-state index contributed by atoms with van der Waals surface area (Å²) in [5.41, 5.74) is 4.03. The molecule has 0 aliphatic carbocycles. The number of carbonyl (C=O) groups is 1. The first-order chi connectivity index (χ1) is 12.5. The number of carbonyl (C=O) groups excluding carboxylic acids is 1. The second kappa shape index (κ2) is 8.33. The zero-order valence-electron chi connectivity index (χ0n) is 14.8. The molecular formula is C19H20N4OS2. The normalized spacial score (nSPS) is 11.8. The van der Waals surface area contributed by atoms with Crippen LogP contribution >= 0.6 is 23.1 Å². The number of amides is 1. The van der Waals surface area contributed by atoms with Crippen molar-refractivity contribution >= 4 is 45.5 Å². The third-order valence-electron chi connectivity index (χ3n) is 3.73. The highest BCUT2D eigenvalue weighted by Crippen LogP contribution is 2.31. The van der Waals surface area contributed by atoms with Crippen molar-refractivity contribution in [2.24, 2.45) is 0 Å². The Morgan fingerprint density at radius 2 is 1.92 bits per heavy atom. The van der Waals surface area contributed by atoms with Crippen molar-refractivity contribution in [1.82, 2.24) is 10.2 Å². The number of hydrogen-bond donors (Lipinski definition) is 2. The van der Waals surface area contributed by atoms with Gasteiger partial charge < -0.3 is 10.6 Å². The number of nitrogens with zero attached hydrogens (tertiary/aromatic N) is 2. The Kier molecular flexibility index (Phi) is 5.90. The monoisotopic (exact) mass is 384 g/mol. The molecule has 0 fully saturated rings. The molecule has 0 spiro atoms. The second-order valence-corrected chi connectivity index (χ2v) is 8.50. The number of benzene rings is 2. The van der Waals surface area contributed by atoms with Crippen molar-refractivity contribution in [2.45, 2.75) is 30.4 Å². The van der Waals surface area contributed by atoms with E-state index in [-0.39, 0.29) is 11.2 Å². The van der Waals surface area contributed by atoms with Crippen LogP contribution in [0.15, 0.2) is 52.9 Å². The summed E-state index contributed by atoms with van der Waals surface area (Å²) >= 11 is 2.84. The first-order valence-electron chi connectivity index (χ1n) is 8.21. The van der Waals surface area contributed by atoms with E-state index in [1.807, 2.05) is 69.3 Å². The van der Waals surface area contributed by atoms with Crippen LogP contribution in [0.4, 0.5) is 16.5 Å². The van der Waals surface area contributed by atoms with Gasteiger partial charge in [0.05, 0.1) is 5.25 Å². The molecule has 1 atom stereocenters. The minimum absolute atomic E-state index is 0.0484. The third kappa shape index (κ3) is 4.83. The van der Waals surface area contributed by atoms with Gasteiger partial charge in [-0.25, -0.2) is 0 Å². The quantitative estimate of drug-likeness (QED) is 0.584. The Balaban J connectivity index is 1.59. The molecule has 1 amide bonds. The van der Waals surface area contributed by atoms with Gasteiger partial charge in [-0.3, -0.25) is 4.79 Å². The molecule has 0 radical (unpaired) electrons. The van der Waals surface area contributed by atoms with Crippen LogP contribution in [-0.4, -0.2) is 21.4 Å². The van der Waals surface area contributed by atoms with Gasteiger partial charge >= 0.3 is 0 Å². The predicted octanol–water partition coefficient (Wildman–Crippen LogP) is 5.02. The largest absolute Gasteiger partial charge is 0.330 e. The van der Waals surface area contributed by atoms with Crippen molar-refractivity contribution in [1.29, 1.82) is 0 Å². The van der Waals surface area contributed by atoms with Gasteiger partial charge in [0.25, 0.3) is 0 Å². The van der Waals surface area contributed by atoms with Crippen LogP contribution in [0.5, 0.6) is 0 Å². The van der Waals surface area contributed by atoms with Crippen LogP contribution in [0.25, 0.3) is 0 Å². The van der Waals surface area contributed by atoms with Gasteiger partial charge in [0.15, 0.2) is 4.34 Å². The summed E-state index contributed by atoms with van der Waals surface area (Å²) in [5.74, 6) is -0.0484. The van der Waals surface area contributed by atoms with E-state index in [1.165, 1.54) is 28.7 Å². The molecule has 0 saturated heterocycles. The highest BCUT2D eigenvalue weighted by atomic mass is 32.2. The first kappa shape index (κ1) is 18.4. The first-order valence-corrected chi connectivity index (χ1v) is 9.91. The Morgan fingerprint density at radius 3 is 2.69 bits per heavy atom. The van der Waals surface area contributed by atoms with E-state index >= 15 is 0 Å². The van der Waals surface area contributed by atoms with Crippen molar-refractivity contribution in [3.63, 3.8) is 0 Å². The lowest BCUT2D eigenvalue weighted by Gasteiger charge is -2.11. The number of nitrogens with one attached hydrogen (secondary N) is 2. The molecule has 1 heterocycles. The number of anilines is 3. The van der Waals surface area contributed by atoms with Crippen LogP contribution in [0, 0.1) is 13.8 Å². The van der Waals surface area contributed by atoms with Gasteiger partial charge in [-0.1, -0.05) is 53.4 Å². The van der Waals surface area contributed by atoms with E-state index in [0.717, 1.165) is 21.3 Å². The standard InChI is InChI=1S/C19H20N4OS2/c1-12-7-6-9-15(11-12)20-18-22-23-19(26-18)25-14(3)17(24)21-16-10-5-4-8-13(16)2/h4-11,14H,1-3H3,(H,20,22)(H,21,24)/t14-/m1/s1. The number of aryl methyl sites for hydroxylation is 2. The summed E-state index contributed by atoms with van der Waals surface area (Å²) < 4.78 is 0.757. The van der Waals surface area contributed by atoms with Gasteiger partial charge in [0, 0.05) is 11.4 Å². The van der Waals surface area contributed by atoms with Crippen LogP contribution in [0.3, 0.4) is 0 Å². The van der Waals surface area contributed by atoms with E-state index in [1.54, 1.807) is 0 Å². The van der Waals surface area contributed by atoms with Gasteiger partial charge in [0.2, 0.25) is 11.0 Å². The Hall–Kier alpha value is -2.38. The van der Waals surface area contributed by atoms with E-state index in [2.05, 4.69) is 20.8 Å². The molecule has 2 aromatic carbocycles. The van der Waals surface area contributed by atoms with Crippen LogP contribution in [0.1, 0.15) is 18.1 Å². The van der Waals surface area contributed by atoms with E-state index < -0.39 is 0 Å². The Labute approximate surface area is 161 Å². The van der Waals surface area contributed by atoms with Gasteiger partial charge in [-0.05, 0) is 50.1 Å². The number of aromatic nitrogens is 2. The maximum Gasteiger partial charge on any atom is 0.237 e. The molecular weight excluding hydrogens is 364 g/mol. The zero-order valence-corrected chi connectivity index (χ0v) is 16.4. The molecule has 26 heavy (non-hydrogen) atoms. The molecule has 0 saturated carbocycles. The Bertz CT molecular complexity index is 910. The molecule has 0 unspecified atom stereocenters. The average Bonchev–Trinajstić information content (AvgIpc) is 3.03. The summed E-state index contributed by atoms with van der Waals surface area (Å²) in [6, 6.07) is 15.8. The zero-order chi connectivity index (χ0) is 18.5. The highest BCUT2D eigenvalue weighted by molar-refractivity contribution is 8.02. The molecule has 1 aromatic heterocycles. The van der Waals surface area contributed by atoms with Crippen molar-refractivity contribution in [3.05, 3.63) is 59.7 Å². The molecule has 7 heteroatoms. The van der Waals surface area contributed by atoms with Crippen molar-refractivity contribution in [2.75, 3.05) is 10.6 Å². The lowest BCUT2D eigenvalue weighted by Crippen LogP contribution is -2.22. The molecule has 5 nitrogen and oxygen atoms in total. The molecule has 2 N–H and O–H groups in total. The van der Waals surface area contributed by atoms with E-state index in [0.29, 0.717) is 5.13 Å². The number of thioether (sulfide) groups is 1. The number of rotatable bonds is 6. The summed E-state index contributed by atoms with van der Waals surface area (Å²) in [6.07, 6.45) is 0. The minimum Gasteiger partial charge on any atom is -0.330 e. The fourth-order valence-electron chi connectivity index (χ4n) is 2.31. The van der Waals surface area contributed by atoms with Crippen molar-refractivity contribution in [3.8, 4) is 0 Å². The highest BCUT2D eigenvalue weighted by Gasteiger charge is 2.18. The maximum absolute atomic E-state index is 12.4. The third-order valence-corrected chi connectivity index (χ3v) is 5.75. The maximum atomic E-state index is 12.4. The molecule has 3 rings (SSSR count). The average molecular weight is 385 g/mol. The topological polar surface area (TPSA) is 66.9 Å². The summed E-state index contributed by atoms with van der Waals surface area (Å²) in [4.78, 5) is 12.4. The van der Waals surface area contributed by atoms with Crippen LogP contribution in [-0.2, 0) is 4.79 Å². The number of hydrogen-bond acceptors (Lipinski definition) is 6. The van der Waals surface area contributed by atoms with Gasteiger partial charge in [0.1, 0.15) is 0 Å².